The molecular weight excluding hydrogens is 194 g/mol. The monoisotopic (exact) mass is 205 g/mol. The van der Waals surface area contributed by atoms with Gasteiger partial charge in [0.2, 0.25) is 0 Å². The molecule has 0 amide bonds. The first kappa shape index (κ1) is 9.81. The van der Waals surface area contributed by atoms with E-state index in [0.717, 1.165) is 0 Å². The van der Waals surface area contributed by atoms with Crippen LogP contribution in [-0.4, -0.2) is 18.3 Å². The maximum atomic E-state index is 9.72. The van der Waals surface area contributed by atoms with Crippen LogP contribution in [0.4, 0.5) is 0 Å². The van der Waals surface area contributed by atoms with E-state index >= 15 is 0 Å². The Morgan fingerprint density at radius 3 is 3.00 bits per heavy atom. The molecule has 78 valence electrons. The predicted octanol–water partition coefficient (Wildman–Crippen LogP) is 1.40. The summed E-state index contributed by atoms with van der Waals surface area (Å²) in [6, 6.07) is 7.24. The minimum atomic E-state index is -0.813. The van der Waals surface area contributed by atoms with Gasteiger partial charge in [0.1, 0.15) is 13.2 Å². The maximum Gasteiger partial charge on any atom is 0.167 e. The molecule has 0 fully saturated rings. The lowest BCUT2D eigenvalue weighted by Crippen LogP contribution is -2.17. The Hall–Kier alpha value is -1.73. The van der Waals surface area contributed by atoms with Crippen LogP contribution in [0.5, 0.6) is 11.5 Å². The van der Waals surface area contributed by atoms with Crippen LogP contribution < -0.4 is 9.47 Å². The normalized spacial score (nSPS) is 15.5. The lowest BCUT2D eigenvalue weighted by Gasteiger charge is -2.22. The van der Waals surface area contributed by atoms with E-state index in [1.165, 1.54) is 0 Å². The van der Waals surface area contributed by atoms with E-state index in [1.807, 2.05) is 6.07 Å². The number of nitrogens with zero attached hydrogens (tertiary/aromatic N) is 1. The summed E-state index contributed by atoms with van der Waals surface area (Å²) >= 11 is 0. The summed E-state index contributed by atoms with van der Waals surface area (Å²) in [4.78, 5) is 0. The van der Waals surface area contributed by atoms with Crippen molar-refractivity contribution < 1.29 is 14.6 Å². The third-order valence-electron chi connectivity index (χ3n) is 2.24. The van der Waals surface area contributed by atoms with Gasteiger partial charge in [-0.1, -0.05) is 12.1 Å². The predicted molar refractivity (Wildman–Crippen MR) is 52.6 cm³/mol. The van der Waals surface area contributed by atoms with Gasteiger partial charge in [0.05, 0.1) is 18.6 Å². The van der Waals surface area contributed by atoms with Gasteiger partial charge in [0, 0.05) is 5.56 Å². The number of fused-ring (bicyclic) bond motifs is 1. The lowest BCUT2D eigenvalue weighted by molar-refractivity contribution is 0.148. The van der Waals surface area contributed by atoms with Gasteiger partial charge in [-0.05, 0) is 6.07 Å². The first-order valence-electron chi connectivity index (χ1n) is 4.76. The molecule has 0 spiro atoms. The highest BCUT2D eigenvalue weighted by atomic mass is 16.6. The van der Waals surface area contributed by atoms with Gasteiger partial charge < -0.3 is 14.6 Å². The second-order valence-electron chi connectivity index (χ2n) is 3.25. The van der Waals surface area contributed by atoms with Gasteiger partial charge in [-0.15, -0.1) is 0 Å². The van der Waals surface area contributed by atoms with Crippen LogP contribution in [0.1, 0.15) is 18.1 Å². The SMILES string of the molecule is N#CCC(O)c1cccc2c1OCCO2. The van der Waals surface area contributed by atoms with E-state index in [9.17, 15) is 5.11 Å². The molecule has 2 rings (SSSR count). The van der Waals surface area contributed by atoms with Crippen LogP contribution in [0, 0.1) is 11.3 Å². The smallest absolute Gasteiger partial charge is 0.167 e. The molecule has 0 saturated heterocycles. The van der Waals surface area contributed by atoms with Crippen LogP contribution >= 0.6 is 0 Å². The third kappa shape index (κ3) is 1.88. The van der Waals surface area contributed by atoms with Gasteiger partial charge in [0.25, 0.3) is 0 Å². The second kappa shape index (κ2) is 4.20. The summed E-state index contributed by atoms with van der Waals surface area (Å²) in [6.45, 7) is 0.994. The third-order valence-corrected chi connectivity index (χ3v) is 2.24. The van der Waals surface area contributed by atoms with Crippen molar-refractivity contribution in [3.63, 3.8) is 0 Å². The minimum Gasteiger partial charge on any atom is -0.486 e. The Balaban J connectivity index is 2.35. The molecule has 1 aromatic carbocycles. The number of hydrogen-bond acceptors (Lipinski definition) is 4. The van der Waals surface area contributed by atoms with Gasteiger partial charge in [-0.3, -0.25) is 0 Å². The van der Waals surface area contributed by atoms with Gasteiger partial charge in [0.15, 0.2) is 11.5 Å². The van der Waals surface area contributed by atoms with Crippen LogP contribution in [0.3, 0.4) is 0 Å². The first-order chi connectivity index (χ1) is 7.33. The standard InChI is InChI=1S/C11H11NO3/c12-5-4-9(13)8-2-1-3-10-11(8)15-7-6-14-10/h1-3,9,13H,4,6-7H2. The zero-order valence-electron chi connectivity index (χ0n) is 8.14. The average Bonchev–Trinajstić information content (AvgIpc) is 2.28. The number of benzene rings is 1. The van der Waals surface area contributed by atoms with E-state index in [1.54, 1.807) is 18.2 Å². The molecule has 0 bridgehead atoms. The molecule has 1 unspecified atom stereocenters. The quantitative estimate of drug-likeness (QED) is 0.792. The second-order valence-corrected chi connectivity index (χ2v) is 3.25. The summed E-state index contributed by atoms with van der Waals surface area (Å²) in [5, 5.41) is 18.2. The van der Waals surface area contributed by atoms with E-state index in [0.29, 0.717) is 30.3 Å². The van der Waals surface area contributed by atoms with Crippen molar-refractivity contribution in [3.05, 3.63) is 23.8 Å². The molecule has 0 aliphatic carbocycles. The largest absolute Gasteiger partial charge is 0.486 e. The Labute approximate surface area is 87.7 Å². The first-order valence-corrected chi connectivity index (χ1v) is 4.76. The van der Waals surface area contributed by atoms with Crippen molar-refractivity contribution >= 4 is 0 Å². The van der Waals surface area contributed by atoms with E-state index in [-0.39, 0.29) is 6.42 Å². The molecule has 1 N–H and O–H groups in total. The van der Waals surface area contributed by atoms with Crippen LogP contribution in [0.2, 0.25) is 0 Å². The maximum absolute atomic E-state index is 9.72. The van der Waals surface area contributed by atoms with Crippen LogP contribution in [-0.2, 0) is 0 Å². The molecule has 0 radical (unpaired) electrons. The fourth-order valence-corrected chi connectivity index (χ4v) is 1.56. The van der Waals surface area contributed by atoms with E-state index < -0.39 is 6.10 Å². The van der Waals surface area contributed by atoms with Crippen molar-refractivity contribution in [3.8, 4) is 17.6 Å². The van der Waals surface area contributed by atoms with Crippen molar-refractivity contribution in [2.24, 2.45) is 0 Å². The minimum absolute atomic E-state index is 0.0554. The zero-order valence-corrected chi connectivity index (χ0v) is 8.14. The molecule has 1 aromatic rings. The molecule has 1 atom stereocenters. The summed E-state index contributed by atoms with van der Waals surface area (Å²) in [7, 11) is 0. The number of aliphatic hydroxyl groups is 1. The zero-order chi connectivity index (χ0) is 10.7. The summed E-state index contributed by atoms with van der Waals surface area (Å²) in [5.74, 6) is 1.20. The number of hydrogen-bond donors (Lipinski definition) is 1. The van der Waals surface area contributed by atoms with Crippen molar-refractivity contribution in [2.45, 2.75) is 12.5 Å². The number of para-hydroxylation sites is 1. The Morgan fingerprint density at radius 2 is 2.20 bits per heavy atom. The summed E-state index contributed by atoms with van der Waals surface area (Å²) < 4.78 is 10.8. The van der Waals surface area contributed by atoms with E-state index in [2.05, 4.69) is 0 Å². The van der Waals surface area contributed by atoms with Gasteiger partial charge in [-0.25, -0.2) is 0 Å². The molecule has 1 aliphatic heterocycles. The number of nitriles is 1. The Morgan fingerprint density at radius 1 is 1.40 bits per heavy atom. The molecule has 15 heavy (non-hydrogen) atoms. The Kier molecular flexibility index (Phi) is 2.75. The molecule has 4 nitrogen and oxygen atoms in total. The number of aliphatic hydroxyl groups excluding tert-OH is 1. The molecule has 1 aliphatic rings. The van der Waals surface area contributed by atoms with Crippen LogP contribution in [0.15, 0.2) is 18.2 Å². The van der Waals surface area contributed by atoms with E-state index in [4.69, 9.17) is 14.7 Å². The van der Waals surface area contributed by atoms with Crippen molar-refractivity contribution in [2.75, 3.05) is 13.2 Å². The topological polar surface area (TPSA) is 62.5 Å². The molecular formula is C11H11NO3. The highest BCUT2D eigenvalue weighted by Gasteiger charge is 2.20. The lowest BCUT2D eigenvalue weighted by atomic mass is 10.1. The van der Waals surface area contributed by atoms with Gasteiger partial charge >= 0.3 is 0 Å². The summed E-state index contributed by atoms with van der Waals surface area (Å²) in [6.07, 6.45) is -0.758. The van der Waals surface area contributed by atoms with Crippen molar-refractivity contribution in [1.82, 2.24) is 0 Å². The molecule has 1 heterocycles. The fraction of sp³-hybridized carbons (Fsp3) is 0.364. The highest BCUT2D eigenvalue weighted by molar-refractivity contribution is 5.48. The number of ether oxygens (including phenoxy) is 2. The van der Waals surface area contributed by atoms with Crippen LogP contribution in [0.25, 0.3) is 0 Å². The fourth-order valence-electron chi connectivity index (χ4n) is 1.56. The highest BCUT2D eigenvalue weighted by Crippen LogP contribution is 2.37. The van der Waals surface area contributed by atoms with Crippen molar-refractivity contribution in [1.29, 1.82) is 5.26 Å². The molecule has 0 saturated carbocycles. The number of rotatable bonds is 2. The molecule has 0 aromatic heterocycles. The molecule has 4 heteroatoms. The van der Waals surface area contributed by atoms with Gasteiger partial charge in [-0.2, -0.15) is 5.26 Å². The Bertz CT molecular complexity index is 397. The summed E-state index contributed by atoms with van der Waals surface area (Å²) in [5.41, 5.74) is 0.619. The average molecular weight is 205 g/mol.